The summed E-state index contributed by atoms with van der Waals surface area (Å²) in [6, 6.07) is 0.647. The third-order valence-electron chi connectivity index (χ3n) is 4.17. The molecule has 2 saturated heterocycles. The van der Waals surface area contributed by atoms with Gasteiger partial charge in [0.1, 0.15) is 0 Å². The summed E-state index contributed by atoms with van der Waals surface area (Å²) in [5.74, 6) is 2.48. The van der Waals surface area contributed by atoms with Gasteiger partial charge in [0.2, 0.25) is 0 Å². The van der Waals surface area contributed by atoms with Crippen LogP contribution in [-0.4, -0.2) is 61.8 Å². The molecule has 2 rings (SSSR count). The van der Waals surface area contributed by atoms with Gasteiger partial charge < -0.3 is 15.0 Å². The van der Waals surface area contributed by atoms with Gasteiger partial charge in [-0.1, -0.05) is 13.8 Å². The first-order valence-electron chi connectivity index (χ1n) is 7.51. The van der Waals surface area contributed by atoms with E-state index in [2.05, 4.69) is 49.9 Å². The van der Waals surface area contributed by atoms with E-state index in [0.29, 0.717) is 11.5 Å². The van der Waals surface area contributed by atoms with Crippen molar-refractivity contribution in [3.8, 4) is 0 Å². The van der Waals surface area contributed by atoms with Crippen LogP contribution in [-0.2, 0) is 4.74 Å². The predicted molar refractivity (Wildman–Crippen MR) is 84.0 cm³/mol. The molecule has 4 heteroatoms. The number of hydrogen-bond acceptors (Lipinski definition) is 4. The molecule has 2 aliphatic rings. The highest BCUT2D eigenvalue weighted by Gasteiger charge is 2.40. The molecule has 0 aromatic rings. The molecule has 2 heterocycles. The number of ether oxygens (including phenoxy) is 1. The van der Waals surface area contributed by atoms with Crippen LogP contribution in [0, 0.1) is 5.41 Å². The molecule has 1 N–H and O–H groups in total. The van der Waals surface area contributed by atoms with Gasteiger partial charge in [0.25, 0.3) is 0 Å². The zero-order valence-electron chi connectivity index (χ0n) is 13.0. The normalized spacial score (nSPS) is 32.4. The van der Waals surface area contributed by atoms with Crippen LogP contribution in [0.3, 0.4) is 0 Å². The second-order valence-corrected chi connectivity index (χ2v) is 8.41. The topological polar surface area (TPSA) is 24.5 Å². The Morgan fingerprint density at radius 2 is 2.21 bits per heavy atom. The number of thioether (sulfide) groups is 1. The Morgan fingerprint density at radius 1 is 1.42 bits per heavy atom. The molecule has 19 heavy (non-hydrogen) atoms. The standard InChI is InChI=1S/C15H30N2OS/c1-14(2,11-17(3)4)10-16-13-5-7-18-15(9-13)6-8-19-12-15/h13,16H,5-12H2,1-4H3. The Bertz CT molecular complexity index is 288. The van der Waals surface area contributed by atoms with Gasteiger partial charge in [-0.2, -0.15) is 11.8 Å². The Labute approximate surface area is 122 Å². The van der Waals surface area contributed by atoms with E-state index < -0.39 is 0 Å². The zero-order chi connectivity index (χ0) is 13.9. The lowest BCUT2D eigenvalue weighted by molar-refractivity contribution is -0.0710. The number of nitrogens with zero attached hydrogens (tertiary/aromatic N) is 1. The fourth-order valence-corrected chi connectivity index (χ4v) is 4.78. The van der Waals surface area contributed by atoms with Crippen LogP contribution in [0.4, 0.5) is 0 Å². The van der Waals surface area contributed by atoms with E-state index in [0.717, 1.165) is 19.7 Å². The summed E-state index contributed by atoms with van der Waals surface area (Å²) in [7, 11) is 4.31. The molecular formula is C15H30N2OS. The molecule has 0 aromatic heterocycles. The number of rotatable bonds is 5. The van der Waals surface area contributed by atoms with Gasteiger partial charge in [-0.3, -0.25) is 0 Å². The van der Waals surface area contributed by atoms with Gasteiger partial charge in [0, 0.05) is 31.5 Å². The van der Waals surface area contributed by atoms with Crippen molar-refractivity contribution in [2.45, 2.75) is 44.8 Å². The number of hydrogen-bond donors (Lipinski definition) is 1. The molecule has 2 atom stereocenters. The second-order valence-electron chi connectivity index (χ2n) is 7.31. The van der Waals surface area contributed by atoms with Gasteiger partial charge >= 0.3 is 0 Å². The highest BCUT2D eigenvalue weighted by Crippen LogP contribution is 2.38. The molecule has 1 spiro atoms. The summed E-state index contributed by atoms with van der Waals surface area (Å²) in [6.07, 6.45) is 3.62. The minimum atomic E-state index is 0.201. The van der Waals surface area contributed by atoms with Crippen molar-refractivity contribution in [1.29, 1.82) is 0 Å². The van der Waals surface area contributed by atoms with Crippen LogP contribution in [0.25, 0.3) is 0 Å². The van der Waals surface area contributed by atoms with Crippen LogP contribution in [0.2, 0.25) is 0 Å². The van der Waals surface area contributed by atoms with Crippen molar-refractivity contribution in [3.05, 3.63) is 0 Å². The third kappa shape index (κ3) is 4.62. The first kappa shape index (κ1) is 15.6. The molecule has 0 aliphatic carbocycles. The summed E-state index contributed by atoms with van der Waals surface area (Å²) >= 11 is 2.05. The molecule has 3 nitrogen and oxygen atoms in total. The van der Waals surface area contributed by atoms with Gasteiger partial charge in [-0.15, -0.1) is 0 Å². The third-order valence-corrected chi connectivity index (χ3v) is 5.40. The molecule has 0 saturated carbocycles. The summed E-state index contributed by atoms with van der Waals surface area (Å²) in [6.45, 7) is 7.86. The quantitative estimate of drug-likeness (QED) is 0.837. The largest absolute Gasteiger partial charge is 0.374 e. The molecule has 0 bridgehead atoms. The van der Waals surface area contributed by atoms with Gasteiger partial charge in [0.05, 0.1) is 5.60 Å². The molecule has 2 fully saturated rings. The summed E-state index contributed by atoms with van der Waals surface area (Å²) in [5, 5.41) is 3.80. The monoisotopic (exact) mass is 286 g/mol. The Hall–Kier alpha value is 0.230. The average molecular weight is 286 g/mol. The summed E-state index contributed by atoms with van der Waals surface area (Å²) in [5.41, 5.74) is 0.533. The molecule has 0 radical (unpaired) electrons. The molecule has 2 aliphatic heterocycles. The van der Waals surface area contributed by atoms with Crippen LogP contribution >= 0.6 is 11.8 Å². The van der Waals surface area contributed by atoms with Gasteiger partial charge in [0.15, 0.2) is 0 Å². The fraction of sp³-hybridized carbons (Fsp3) is 1.00. The van der Waals surface area contributed by atoms with E-state index in [1.165, 1.54) is 30.8 Å². The van der Waals surface area contributed by atoms with E-state index in [1.54, 1.807) is 0 Å². The van der Waals surface area contributed by atoms with Gasteiger partial charge in [-0.25, -0.2) is 0 Å². The highest BCUT2D eigenvalue weighted by atomic mass is 32.2. The van der Waals surface area contributed by atoms with Crippen LogP contribution in [0.15, 0.2) is 0 Å². The maximum Gasteiger partial charge on any atom is 0.0795 e. The van der Waals surface area contributed by atoms with Crippen molar-refractivity contribution < 1.29 is 4.74 Å². The smallest absolute Gasteiger partial charge is 0.0795 e. The maximum atomic E-state index is 6.08. The maximum absolute atomic E-state index is 6.08. The zero-order valence-corrected chi connectivity index (χ0v) is 13.8. The minimum absolute atomic E-state index is 0.201. The van der Waals surface area contributed by atoms with Crippen molar-refractivity contribution in [2.75, 3.05) is 45.3 Å². The van der Waals surface area contributed by atoms with Crippen molar-refractivity contribution in [2.24, 2.45) is 5.41 Å². The lowest BCUT2D eigenvalue weighted by Gasteiger charge is -2.39. The first-order chi connectivity index (χ1) is 8.91. The molecule has 0 aromatic carbocycles. The SMILES string of the molecule is CN(C)CC(C)(C)CNC1CCOC2(CCSC2)C1. The minimum Gasteiger partial charge on any atom is -0.374 e. The highest BCUT2D eigenvalue weighted by molar-refractivity contribution is 7.99. The summed E-state index contributed by atoms with van der Waals surface area (Å²) < 4.78 is 6.08. The van der Waals surface area contributed by atoms with E-state index in [4.69, 9.17) is 4.74 Å². The lowest BCUT2D eigenvalue weighted by Crippen LogP contribution is -2.50. The van der Waals surface area contributed by atoms with Crippen molar-refractivity contribution in [3.63, 3.8) is 0 Å². The molecule has 2 unspecified atom stereocenters. The Kier molecular flexibility index (Phi) is 5.21. The summed E-state index contributed by atoms with van der Waals surface area (Å²) in [4.78, 5) is 2.28. The van der Waals surface area contributed by atoms with Crippen LogP contribution in [0.1, 0.15) is 33.1 Å². The molecular weight excluding hydrogens is 256 g/mol. The van der Waals surface area contributed by atoms with Crippen molar-refractivity contribution >= 4 is 11.8 Å². The fourth-order valence-electron chi connectivity index (χ4n) is 3.40. The van der Waals surface area contributed by atoms with Crippen LogP contribution in [0.5, 0.6) is 0 Å². The second kappa shape index (κ2) is 6.33. The lowest BCUT2D eigenvalue weighted by atomic mass is 9.88. The Balaban J connectivity index is 1.79. The molecule has 112 valence electrons. The number of nitrogens with one attached hydrogen (secondary N) is 1. The van der Waals surface area contributed by atoms with E-state index in [1.807, 2.05) is 0 Å². The van der Waals surface area contributed by atoms with Gasteiger partial charge in [-0.05, 0) is 44.5 Å². The predicted octanol–water partition coefficient (Wildman–Crippen LogP) is 2.22. The van der Waals surface area contributed by atoms with Crippen LogP contribution < -0.4 is 5.32 Å². The van der Waals surface area contributed by atoms with Crippen molar-refractivity contribution in [1.82, 2.24) is 10.2 Å². The Morgan fingerprint density at radius 3 is 2.84 bits per heavy atom. The van der Waals surface area contributed by atoms with E-state index >= 15 is 0 Å². The average Bonchev–Trinajstić information content (AvgIpc) is 2.73. The van der Waals surface area contributed by atoms with E-state index in [-0.39, 0.29) is 5.60 Å². The first-order valence-corrected chi connectivity index (χ1v) is 8.66. The molecule has 0 amide bonds. The van der Waals surface area contributed by atoms with E-state index in [9.17, 15) is 0 Å².